The summed E-state index contributed by atoms with van der Waals surface area (Å²) in [5.74, 6) is 1.06. The van der Waals surface area contributed by atoms with Crippen LogP contribution in [0.2, 0.25) is 0 Å². The molecule has 6 nitrogen and oxygen atoms in total. The third kappa shape index (κ3) is 4.09. The fourth-order valence-corrected chi connectivity index (χ4v) is 3.96. The fraction of sp³-hybridized carbons (Fsp3) is 0.136. The zero-order chi connectivity index (χ0) is 20.2. The van der Waals surface area contributed by atoms with Crippen molar-refractivity contribution in [3.63, 3.8) is 0 Å². The van der Waals surface area contributed by atoms with Crippen LogP contribution in [-0.2, 0) is 11.3 Å². The number of aromatic hydroxyl groups is 1. The second kappa shape index (κ2) is 8.36. The number of nitrogens with zero attached hydrogens (tertiary/aromatic N) is 3. The number of carbonyl (C=O) groups excluding carboxylic acids is 1. The lowest BCUT2D eigenvalue weighted by Gasteiger charge is -2.09. The van der Waals surface area contributed by atoms with E-state index < -0.39 is 0 Å². The molecule has 0 radical (unpaired) electrons. The maximum Gasteiger partial charge on any atom is 0.234 e. The van der Waals surface area contributed by atoms with Crippen molar-refractivity contribution in [3.05, 3.63) is 66.7 Å². The Hall–Kier alpha value is -3.32. The predicted octanol–water partition coefficient (Wildman–Crippen LogP) is 4.55. The van der Waals surface area contributed by atoms with Crippen LogP contribution in [0.15, 0.2) is 71.9 Å². The number of fused-ring (bicyclic) bond motifs is 1. The van der Waals surface area contributed by atoms with Gasteiger partial charge in [-0.2, -0.15) is 0 Å². The lowest BCUT2D eigenvalue weighted by Crippen LogP contribution is -2.15. The number of thioether (sulfide) groups is 1. The lowest BCUT2D eigenvalue weighted by molar-refractivity contribution is -0.113. The van der Waals surface area contributed by atoms with Crippen LogP contribution < -0.4 is 5.32 Å². The molecule has 4 rings (SSSR count). The number of rotatable bonds is 6. The summed E-state index contributed by atoms with van der Waals surface area (Å²) in [5.41, 5.74) is 1.67. The molecule has 0 atom stereocenters. The molecule has 1 amide bonds. The van der Waals surface area contributed by atoms with Crippen LogP contribution in [0.1, 0.15) is 6.92 Å². The molecule has 3 aromatic carbocycles. The second-order valence-corrected chi connectivity index (χ2v) is 7.40. The Bertz CT molecular complexity index is 1150. The molecule has 0 spiro atoms. The average molecular weight is 404 g/mol. The Morgan fingerprint density at radius 1 is 1.03 bits per heavy atom. The number of hydrogen-bond acceptors (Lipinski definition) is 5. The van der Waals surface area contributed by atoms with Gasteiger partial charge < -0.3 is 15.0 Å². The molecule has 146 valence electrons. The molecule has 0 saturated heterocycles. The first kappa shape index (κ1) is 19.0. The summed E-state index contributed by atoms with van der Waals surface area (Å²) in [4.78, 5) is 12.5. The summed E-state index contributed by atoms with van der Waals surface area (Å²) >= 11 is 1.35. The van der Waals surface area contributed by atoms with Crippen LogP contribution >= 0.6 is 11.8 Å². The van der Waals surface area contributed by atoms with E-state index in [2.05, 4.69) is 15.5 Å². The Labute approximate surface area is 172 Å². The molecule has 4 aromatic rings. The van der Waals surface area contributed by atoms with Crippen LogP contribution in [0.5, 0.6) is 5.75 Å². The number of aromatic nitrogens is 3. The number of nitrogens with one attached hydrogen (secondary N) is 1. The van der Waals surface area contributed by atoms with Gasteiger partial charge in [-0.25, -0.2) is 0 Å². The number of anilines is 1. The molecular formula is C22H20N4O2S. The summed E-state index contributed by atoms with van der Waals surface area (Å²) < 4.78 is 1.96. The van der Waals surface area contributed by atoms with E-state index in [0.717, 1.165) is 22.0 Å². The van der Waals surface area contributed by atoms with Gasteiger partial charge in [0.05, 0.1) is 5.75 Å². The normalized spacial score (nSPS) is 10.9. The molecule has 2 N–H and O–H groups in total. The minimum absolute atomic E-state index is 0.0943. The van der Waals surface area contributed by atoms with Gasteiger partial charge in [-0.05, 0) is 42.6 Å². The average Bonchev–Trinajstić information content (AvgIpc) is 3.16. The lowest BCUT2D eigenvalue weighted by atomic mass is 10.1. The van der Waals surface area contributed by atoms with E-state index in [0.29, 0.717) is 17.5 Å². The van der Waals surface area contributed by atoms with Crippen LogP contribution in [0, 0.1) is 0 Å². The quantitative estimate of drug-likeness (QED) is 0.461. The van der Waals surface area contributed by atoms with Gasteiger partial charge in [-0.3, -0.25) is 4.79 Å². The van der Waals surface area contributed by atoms with E-state index in [1.807, 2.05) is 54.0 Å². The third-order valence-corrected chi connectivity index (χ3v) is 5.52. The summed E-state index contributed by atoms with van der Waals surface area (Å²) in [6.45, 7) is 2.68. The summed E-state index contributed by atoms with van der Waals surface area (Å²) in [5, 5.41) is 23.8. The molecule has 7 heteroatoms. The van der Waals surface area contributed by atoms with Gasteiger partial charge >= 0.3 is 0 Å². The number of carbonyl (C=O) groups is 1. The van der Waals surface area contributed by atoms with E-state index in [-0.39, 0.29) is 17.4 Å². The van der Waals surface area contributed by atoms with Crippen molar-refractivity contribution >= 4 is 34.1 Å². The van der Waals surface area contributed by atoms with Crippen LogP contribution in [0.3, 0.4) is 0 Å². The molecule has 0 unspecified atom stereocenters. The van der Waals surface area contributed by atoms with Gasteiger partial charge in [0.2, 0.25) is 5.91 Å². The molecule has 0 aliphatic rings. The van der Waals surface area contributed by atoms with Crippen molar-refractivity contribution in [2.24, 2.45) is 0 Å². The number of phenols is 1. The topological polar surface area (TPSA) is 80.0 Å². The third-order valence-electron chi connectivity index (χ3n) is 4.55. The highest BCUT2D eigenvalue weighted by Crippen LogP contribution is 2.26. The standard InChI is InChI=1S/C22H20N4O2S/c1-2-26-21(16-10-12-17(27)13-11-16)24-25-22(26)29-14-20(28)23-19-9-5-7-15-6-3-4-8-18(15)19/h3-13,27H,2,14H2,1H3,(H,23,28). The van der Waals surface area contributed by atoms with Gasteiger partial charge in [0, 0.05) is 23.2 Å². The van der Waals surface area contributed by atoms with Gasteiger partial charge in [-0.15, -0.1) is 10.2 Å². The Balaban J connectivity index is 1.47. The molecule has 0 aliphatic heterocycles. The van der Waals surface area contributed by atoms with Gasteiger partial charge in [-0.1, -0.05) is 48.2 Å². The summed E-state index contributed by atoms with van der Waals surface area (Å²) in [6.07, 6.45) is 0. The summed E-state index contributed by atoms with van der Waals surface area (Å²) in [6, 6.07) is 20.7. The van der Waals surface area contributed by atoms with Gasteiger partial charge in [0.25, 0.3) is 0 Å². The fourth-order valence-electron chi connectivity index (χ4n) is 3.16. The van der Waals surface area contributed by atoms with Crippen LogP contribution in [0.25, 0.3) is 22.2 Å². The first-order chi connectivity index (χ1) is 14.2. The zero-order valence-electron chi connectivity index (χ0n) is 15.9. The molecule has 1 aromatic heterocycles. The molecule has 29 heavy (non-hydrogen) atoms. The first-order valence-electron chi connectivity index (χ1n) is 9.28. The van der Waals surface area contributed by atoms with E-state index in [1.165, 1.54) is 11.8 Å². The maximum absolute atomic E-state index is 12.5. The first-order valence-corrected chi connectivity index (χ1v) is 10.3. The zero-order valence-corrected chi connectivity index (χ0v) is 16.7. The van der Waals surface area contributed by atoms with Gasteiger partial charge in [0.15, 0.2) is 11.0 Å². The minimum Gasteiger partial charge on any atom is -0.508 e. The molecule has 1 heterocycles. The van der Waals surface area contributed by atoms with Crippen molar-refractivity contribution < 1.29 is 9.90 Å². The monoisotopic (exact) mass is 404 g/mol. The second-order valence-electron chi connectivity index (χ2n) is 6.46. The number of amides is 1. The number of hydrogen-bond donors (Lipinski definition) is 2. The van der Waals surface area contributed by atoms with Gasteiger partial charge in [0.1, 0.15) is 5.75 Å². The molecule has 0 aliphatic carbocycles. The highest BCUT2D eigenvalue weighted by molar-refractivity contribution is 7.99. The highest BCUT2D eigenvalue weighted by atomic mass is 32.2. The Morgan fingerprint density at radius 2 is 1.79 bits per heavy atom. The van der Waals surface area contributed by atoms with Crippen LogP contribution in [0.4, 0.5) is 5.69 Å². The number of phenolic OH excluding ortho intramolecular Hbond substituents is 1. The van der Waals surface area contributed by atoms with E-state index >= 15 is 0 Å². The molecular weight excluding hydrogens is 384 g/mol. The molecule has 0 saturated carbocycles. The largest absolute Gasteiger partial charge is 0.508 e. The highest BCUT2D eigenvalue weighted by Gasteiger charge is 2.15. The SMILES string of the molecule is CCn1c(SCC(=O)Nc2cccc3ccccc23)nnc1-c1ccc(O)cc1. The summed E-state index contributed by atoms with van der Waals surface area (Å²) in [7, 11) is 0. The molecule has 0 bridgehead atoms. The van der Waals surface area contributed by atoms with E-state index in [1.54, 1.807) is 24.3 Å². The van der Waals surface area contributed by atoms with Crippen LogP contribution in [-0.4, -0.2) is 31.5 Å². The van der Waals surface area contributed by atoms with E-state index in [4.69, 9.17) is 0 Å². The number of benzene rings is 3. The smallest absolute Gasteiger partial charge is 0.234 e. The molecule has 0 fully saturated rings. The van der Waals surface area contributed by atoms with Crippen molar-refractivity contribution in [1.82, 2.24) is 14.8 Å². The minimum atomic E-state index is -0.0943. The Morgan fingerprint density at radius 3 is 2.59 bits per heavy atom. The van der Waals surface area contributed by atoms with Crippen molar-refractivity contribution in [2.75, 3.05) is 11.1 Å². The predicted molar refractivity (Wildman–Crippen MR) is 116 cm³/mol. The maximum atomic E-state index is 12.5. The van der Waals surface area contributed by atoms with Crippen molar-refractivity contribution in [3.8, 4) is 17.1 Å². The van der Waals surface area contributed by atoms with E-state index in [9.17, 15) is 9.90 Å². The Kier molecular flexibility index (Phi) is 5.48. The van der Waals surface area contributed by atoms with Crippen molar-refractivity contribution in [2.45, 2.75) is 18.6 Å². The van der Waals surface area contributed by atoms with Crippen molar-refractivity contribution in [1.29, 1.82) is 0 Å².